The molecule has 7 heteroatoms. The predicted octanol–water partition coefficient (Wildman–Crippen LogP) is 3.41. The maximum absolute atomic E-state index is 13.2. The van der Waals surface area contributed by atoms with Crippen molar-refractivity contribution in [2.45, 2.75) is 45.7 Å². The van der Waals surface area contributed by atoms with Crippen LogP contribution >= 0.6 is 0 Å². The summed E-state index contributed by atoms with van der Waals surface area (Å²) in [5.41, 5.74) is 8.71. The Morgan fingerprint density at radius 3 is 2.59 bits per heavy atom. The molecule has 0 atom stereocenters. The highest BCUT2D eigenvalue weighted by Crippen LogP contribution is 2.24. The Labute approximate surface area is 203 Å². The SMILES string of the molecule is COc1cccc(CN2CCCN(C(C)=O)c3ccccc3CN(C(=O)CCCCN)CC2)c1. The van der Waals surface area contributed by atoms with Gasteiger partial charge in [-0.15, -0.1) is 0 Å². The van der Waals surface area contributed by atoms with Gasteiger partial charge >= 0.3 is 0 Å². The number of hydrogen-bond donors (Lipinski definition) is 1. The number of carbonyl (C=O) groups excluding carboxylic acids is 2. The maximum atomic E-state index is 13.2. The first kappa shape index (κ1) is 25.7. The van der Waals surface area contributed by atoms with Gasteiger partial charge in [0.05, 0.1) is 7.11 Å². The molecule has 0 saturated heterocycles. The van der Waals surface area contributed by atoms with E-state index in [2.05, 4.69) is 17.0 Å². The standard InChI is InChI=1S/C27H38N4O3/c1-22(32)31-16-8-15-29(20-23-9-7-11-25(19-23)34-2)17-18-30(27(33)13-5-6-14-28)21-24-10-3-4-12-26(24)31/h3-4,7,9-12,19H,5-6,8,13-18,20-21,28H2,1-2H3. The number of amides is 2. The number of nitrogens with two attached hydrogens (primary N) is 1. The molecule has 0 bridgehead atoms. The highest BCUT2D eigenvalue weighted by molar-refractivity contribution is 5.92. The average Bonchev–Trinajstić information content (AvgIpc) is 2.87. The molecule has 2 N–H and O–H groups in total. The predicted molar refractivity (Wildman–Crippen MR) is 136 cm³/mol. The minimum Gasteiger partial charge on any atom is -0.497 e. The van der Waals surface area contributed by atoms with Crippen LogP contribution in [-0.2, 0) is 22.7 Å². The molecule has 0 unspecified atom stereocenters. The van der Waals surface area contributed by atoms with Gasteiger partial charge in [0.25, 0.3) is 0 Å². The summed E-state index contributed by atoms with van der Waals surface area (Å²) in [5.74, 6) is 0.996. The van der Waals surface area contributed by atoms with Crippen LogP contribution in [0.1, 0.15) is 43.7 Å². The summed E-state index contributed by atoms with van der Waals surface area (Å²) >= 11 is 0. The fourth-order valence-corrected chi connectivity index (χ4v) is 4.45. The van der Waals surface area contributed by atoms with E-state index in [0.29, 0.717) is 32.6 Å². The number of carbonyl (C=O) groups is 2. The van der Waals surface area contributed by atoms with Gasteiger partial charge in [-0.3, -0.25) is 14.5 Å². The van der Waals surface area contributed by atoms with Gasteiger partial charge in [-0.1, -0.05) is 30.3 Å². The van der Waals surface area contributed by atoms with Crippen LogP contribution in [0.15, 0.2) is 48.5 Å². The third-order valence-electron chi connectivity index (χ3n) is 6.30. The number of nitrogens with zero attached hydrogens (tertiary/aromatic N) is 3. The van der Waals surface area contributed by atoms with Crippen molar-refractivity contribution < 1.29 is 14.3 Å². The lowest BCUT2D eigenvalue weighted by Crippen LogP contribution is -2.38. The molecule has 2 amide bonds. The van der Waals surface area contributed by atoms with Crippen molar-refractivity contribution in [1.29, 1.82) is 0 Å². The Balaban J connectivity index is 1.85. The second-order valence-corrected chi connectivity index (χ2v) is 8.84. The van der Waals surface area contributed by atoms with E-state index in [-0.39, 0.29) is 11.8 Å². The van der Waals surface area contributed by atoms with Crippen LogP contribution in [0.2, 0.25) is 0 Å². The van der Waals surface area contributed by atoms with Crippen molar-refractivity contribution in [3.8, 4) is 5.75 Å². The van der Waals surface area contributed by atoms with Crippen LogP contribution in [0.5, 0.6) is 5.75 Å². The zero-order valence-electron chi connectivity index (χ0n) is 20.5. The first-order valence-corrected chi connectivity index (χ1v) is 12.2. The molecule has 184 valence electrons. The topological polar surface area (TPSA) is 79.1 Å². The summed E-state index contributed by atoms with van der Waals surface area (Å²) in [6.45, 7) is 6.34. The zero-order chi connectivity index (χ0) is 24.3. The van der Waals surface area contributed by atoms with E-state index in [1.165, 1.54) is 5.56 Å². The van der Waals surface area contributed by atoms with E-state index in [4.69, 9.17) is 10.5 Å². The Hall–Kier alpha value is -2.90. The summed E-state index contributed by atoms with van der Waals surface area (Å²) < 4.78 is 5.39. The van der Waals surface area contributed by atoms with Crippen molar-refractivity contribution in [2.24, 2.45) is 5.73 Å². The zero-order valence-corrected chi connectivity index (χ0v) is 20.5. The van der Waals surface area contributed by atoms with E-state index in [9.17, 15) is 9.59 Å². The van der Waals surface area contributed by atoms with Crippen molar-refractivity contribution in [1.82, 2.24) is 9.80 Å². The van der Waals surface area contributed by atoms with Gasteiger partial charge in [-0.25, -0.2) is 0 Å². The summed E-state index contributed by atoms with van der Waals surface area (Å²) in [7, 11) is 1.68. The number of ether oxygens (including phenoxy) is 1. The van der Waals surface area contributed by atoms with Gasteiger partial charge in [0.2, 0.25) is 11.8 Å². The van der Waals surface area contributed by atoms with Gasteiger partial charge in [0, 0.05) is 58.3 Å². The maximum Gasteiger partial charge on any atom is 0.223 e. The second kappa shape index (κ2) is 13.1. The smallest absolute Gasteiger partial charge is 0.223 e. The Morgan fingerprint density at radius 1 is 1.00 bits per heavy atom. The molecular formula is C27H38N4O3. The van der Waals surface area contributed by atoms with Crippen LogP contribution in [0.3, 0.4) is 0 Å². The molecule has 2 aromatic carbocycles. The summed E-state index contributed by atoms with van der Waals surface area (Å²) in [6, 6.07) is 16.0. The molecule has 0 radical (unpaired) electrons. The fourth-order valence-electron chi connectivity index (χ4n) is 4.45. The number of anilines is 1. The first-order chi connectivity index (χ1) is 16.5. The molecule has 1 aliphatic rings. The van der Waals surface area contributed by atoms with E-state index in [1.807, 2.05) is 46.2 Å². The average molecular weight is 467 g/mol. The van der Waals surface area contributed by atoms with E-state index >= 15 is 0 Å². The lowest BCUT2D eigenvalue weighted by molar-refractivity contribution is -0.132. The van der Waals surface area contributed by atoms with E-state index in [0.717, 1.165) is 55.9 Å². The van der Waals surface area contributed by atoms with Crippen LogP contribution < -0.4 is 15.4 Å². The van der Waals surface area contributed by atoms with Crippen molar-refractivity contribution in [3.63, 3.8) is 0 Å². The van der Waals surface area contributed by atoms with Crippen LogP contribution in [0.4, 0.5) is 5.69 Å². The Kier molecular flexibility index (Phi) is 9.91. The number of methoxy groups -OCH3 is 1. The first-order valence-electron chi connectivity index (χ1n) is 12.2. The van der Waals surface area contributed by atoms with Gasteiger partial charge in [-0.2, -0.15) is 0 Å². The second-order valence-electron chi connectivity index (χ2n) is 8.84. The molecule has 0 aromatic heterocycles. The summed E-state index contributed by atoms with van der Waals surface area (Å²) in [6.07, 6.45) is 2.98. The van der Waals surface area contributed by atoms with Crippen LogP contribution in [0, 0.1) is 0 Å². The van der Waals surface area contributed by atoms with Gasteiger partial charge in [0.15, 0.2) is 0 Å². The van der Waals surface area contributed by atoms with Crippen molar-refractivity contribution >= 4 is 17.5 Å². The molecule has 0 spiro atoms. The number of hydrogen-bond acceptors (Lipinski definition) is 5. The highest BCUT2D eigenvalue weighted by atomic mass is 16.5. The minimum atomic E-state index is 0.0202. The quantitative estimate of drug-likeness (QED) is 0.633. The highest BCUT2D eigenvalue weighted by Gasteiger charge is 2.22. The monoisotopic (exact) mass is 466 g/mol. The van der Waals surface area contributed by atoms with Gasteiger partial charge < -0.3 is 20.3 Å². The molecule has 7 nitrogen and oxygen atoms in total. The molecular weight excluding hydrogens is 428 g/mol. The Bertz CT molecular complexity index is 949. The van der Waals surface area contributed by atoms with Crippen molar-refractivity contribution in [3.05, 3.63) is 59.7 Å². The molecule has 0 aliphatic carbocycles. The number of fused-ring (bicyclic) bond motifs is 1. The lowest BCUT2D eigenvalue weighted by atomic mass is 10.1. The van der Waals surface area contributed by atoms with Crippen molar-refractivity contribution in [2.75, 3.05) is 44.7 Å². The van der Waals surface area contributed by atoms with Gasteiger partial charge in [-0.05, 0) is 55.1 Å². The lowest BCUT2D eigenvalue weighted by Gasteiger charge is -2.28. The van der Waals surface area contributed by atoms with Crippen LogP contribution in [0.25, 0.3) is 0 Å². The van der Waals surface area contributed by atoms with Crippen LogP contribution in [-0.4, -0.2) is 61.4 Å². The number of benzene rings is 2. The number of unbranched alkanes of at least 4 members (excludes halogenated alkanes) is 1. The third-order valence-corrected chi connectivity index (χ3v) is 6.30. The summed E-state index contributed by atoms with van der Waals surface area (Å²) in [4.78, 5) is 31.9. The number of para-hydroxylation sites is 1. The molecule has 1 aliphatic heterocycles. The molecule has 0 fully saturated rings. The molecule has 34 heavy (non-hydrogen) atoms. The Morgan fingerprint density at radius 2 is 1.82 bits per heavy atom. The summed E-state index contributed by atoms with van der Waals surface area (Å²) in [5, 5.41) is 0. The molecule has 0 saturated carbocycles. The van der Waals surface area contributed by atoms with E-state index < -0.39 is 0 Å². The number of rotatable bonds is 7. The largest absolute Gasteiger partial charge is 0.497 e. The van der Waals surface area contributed by atoms with E-state index in [1.54, 1.807) is 14.0 Å². The minimum absolute atomic E-state index is 0.0202. The van der Waals surface area contributed by atoms with Gasteiger partial charge in [0.1, 0.15) is 5.75 Å². The molecule has 3 rings (SSSR count). The third kappa shape index (κ3) is 7.30. The molecule has 1 heterocycles. The fraction of sp³-hybridized carbons (Fsp3) is 0.481. The molecule has 2 aromatic rings. The normalized spacial score (nSPS) is 15.4.